The molecule has 4 aromatic rings. The maximum atomic E-state index is 13.3. The van der Waals surface area contributed by atoms with Gasteiger partial charge in [0.1, 0.15) is 28.9 Å². The van der Waals surface area contributed by atoms with E-state index in [2.05, 4.69) is 10.4 Å². The van der Waals surface area contributed by atoms with E-state index in [0.29, 0.717) is 17.2 Å². The second-order valence-corrected chi connectivity index (χ2v) is 7.86. The van der Waals surface area contributed by atoms with Gasteiger partial charge in [0.15, 0.2) is 0 Å². The van der Waals surface area contributed by atoms with Gasteiger partial charge >= 0.3 is 0 Å². The van der Waals surface area contributed by atoms with Crippen LogP contribution < -0.4 is 16.1 Å². The number of aryl methyl sites for hydroxylation is 1. The predicted molar refractivity (Wildman–Crippen MR) is 128 cm³/mol. The van der Waals surface area contributed by atoms with Gasteiger partial charge in [0.05, 0.1) is 5.69 Å². The van der Waals surface area contributed by atoms with Crippen LogP contribution in [0.2, 0.25) is 0 Å². The first-order valence-corrected chi connectivity index (χ1v) is 10.6. The molecular weight excluding hydrogens is 416 g/mol. The second-order valence-electron chi connectivity index (χ2n) is 7.86. The van der Waals surface area contributed by atoms with Crippen LogP contribution in [-0.2, 0) is 9.59 Å². The maximum Gasteiger partial charge on any atom is 0.273 e. The third-order valence-corrected chi connectivity index (χ3v) is 5.65. The predicted octanol–water partition coefficient (Wildman–Crippen LogP) is 3.37. The number of fused-ring (bicyclic) bond motifs is 1. The molecular formula is C25H22N6O2. The minimum atomic E-state index is -0.730. The van der Waals surface area contributed by atoms with Crippen molar-refractivity contribution in [3.8, 4) is 11.3 Å². The van der Waals surface area contributed by atoms with E-state index >= 15 is 0 Å². The monoisotopic (exact) mass is 438 g/mol. The lowest BCUT2D eigenvalue weighted by Gasteiger charge is -2.20. The molecule has 0 radical (unpaired) electrons. The highest BCUT2D eigenvalue weighted by molar-refractivity contribution is 6.44. The summed E-state index contributed by atoms with van der Waals surface area (Å²) in [5.74, 6) is -0.401. The topological polar surface area (TPSA) is 105 Å². The lowest BCUT2D eigenvalue weighted by atomic mass is 10.1. The molecule has 3 heterocycles. The Balaban J connectivity index is 1.53. The first kappa shape index (κ1) is 20.4. The fourth-order valence-electron chi connectivity index (χ4n) is 3.99. The summed E-state index contributed by atoms with van der Waals surface area (Å²) in [4.78, 5) is 30.2. The van der Waals surface area contributed by atoms with E-state index in [-0.39, 0.29) is 12.1 Å². The number of hydrazone groups is 1. The van der Waals surface area contributed by atoms with Crippen LogP contribution in [0.15, 0.2) is 84.1 Å². The number of imidazole rings is 1. The normalized spacial score (nSPS) is 15.5. The van der Waals surface area contributed by atoms with E-state index < -0.39 is 17.9 Å². The smallest absolute Gasteiger partial charge is 0.273 e. The number of hydrogen-bond donors (Lipinski definition) is 2. The summed E-state index contributed by atoms with van der Waals surface area (Å²) >= 11 is 0. The number of nitrogens with one attached hydrogen (secondary N) is 1. The lowest BCUT2D eigenvalue weighted by Crippen LogP contribution is -2.39. The average Bonchev–Trinajstić information content (AvgIpc) is 3.44. The number of hydrogen-bond acceptors (Lipinski definition) is 5. The van der Waals surface area contributed by atoms with Crippen molar-refractivity contribution in [3.63, 3.8) is 0 Å². The molecule has 2 aromatic carbocycles. The van der Waals surface area contributed by atoms with Crippen molar-refractivity contribution < 1.29 is 9.59 Å². The molecule has 5 rings (SSSR count). The summed E-state index contributed by atoms with van der Waals surface area (Å²) in [5.41, 5.74) is 9.81. The molecule has 0 spiro atoms. The Bertz CT molecular complexity index is 1380. The molecule has 8 nitrogen and oxygen atoms in total. The summed E-state index contributed by atoms with van der Waals surface area (Å²) in [6.45, 7) is 1.97. The SMILES string of the molecule is Cc1cccn2c(NC(=O)C3=NN(c4ccccc4)C(C(N)=O)C3)c(-c3ccccc3)nc12. The first-order valence-electron chi connectivity index (χ1n) is 10.6. The number of carbonyl (C=O) groups excluding carboxylic acids is 2. The standard InChI is InChI=1S/C25H22N6O2/c1-16-9-8-14-30-23(16)27-21(17-10-4-2-5-11-17)24(30)28-25(33)19-15-20(22(26)32)31(29-19)18-12-6-3-7-13-18/h2-14,20H,15H2,1H3,(H2,26,32)(H,28,33). The molecule has 33 heavy (non-hydrogen) atoms. The summed E-state index contributed by atoms with van der Waals surface area (Å²) in [7, 11) is 0. The van der Waals surface area contributed by atoms with Crippen LogP contribution in [0, 0.1) is 6.92 Å². The Morgan fingerprint density at radius 1 is 1.00 bits per heavy atom. The van der Waals surface area contributed by atoms with E-state index in [0.717, 1.165) is 16.8 Å². The van der Waals surface area contributed by atoms with E-state index in [9.17, 15) is 9.59 Å². The van der Waals surface area contributed by atoms with Crippen molar-refractivity contribution >= 4 is 34.7 Å². The molecule has 1 aliphatic heterocycles. The molecule has 0 aliphatic carbocycles. The Labute approximate surface area is 190 Å². The number of nitrogens with zero attached hydrogens (tertiary/aromatic N) is 4. The number of para-hydroxylation sites is 1. The Kier molecular flexibility index (Phi) is 5.10. The van der Waals surface area contributed by atoms with Crippen molar-refractivity contribution in [2.45, 2.75) is 19.4 Å². The summed E-state index contributed by atoms with van der Waals surface area (Å²) in [5, 5.41) is 8.94. The number of aromatic nitrogens is 2. The van der Waals surface area contributed by atoms with E-state index in [1.807, 2.05) is 90.3 Å². The Hall–Kier alpha value is -4.46. The Morgan fingerprint density at radius 2 is 1.70 bits per heavy atom. The molecule has 164 valence electrons. The number of rotatable bonds is 5. The molecule has 0 bridgehead atoms. The summed E-state index contributed by atoms with van der Waals surface area (Å²) < 4.78 is 1.85. The molecule has 1 unspecified atom stereocenters. The number of pyridine rings is 1. The van der Waals surface area contributed by atoms with Gasteiger partial charge in [0, 0.05) is 18.2 Å². The van der Waals surface area contributed by atoms with E-state index in [1.54, 1.807) is 0 Å². The highest BCUT2D eigenvalue weighted by Crippen LogP contribution is 2.31. The maximum absolute atomic E-state index is 13.3. The first-order chi connectivity index (χ1) is 16.0. The fraction of sp³-hybridized carbons (Fsp3) is 0.120. The molecule has 0 fully saturated rings. The zero-order chi connectivity index (χ0) is 22.9. The largest absolute Gasteiger partial charge is 0.368 e. The summed E-state index contributed by atoms with van der Waals surface area (Å²) in [6.07, 6.45) is 1.98. The van der Waals surface area contributed by atoms with Crippen molar-refractivity contribution in [2.75, 3.05) is 10.3 Å². The number of nitrogens with two attached hydrogens (primary N) is 1. The van der Waals surface area contributed by atoms with Gasteiger partial charge < -0.3 is 11.1 Å². The minimum absolute atomic E-state index is 0.118. The third kappa shape index (κ3) is 3.71. The molecule has 0 saturated carbocycles. The number of carbonyl (C=O) groups is 2. The minimum Gasteiger partial charge on any atom is -0.368 e. The van der Waals surface area contributed by atoms with Crippen molar-refractivity contribution in [3.05, 3.63) is 84.6 Å². The van der Waals surface area contributed by atoms with Crippen LogP contribution in [0.1, 0.15) is 12.0 Å². The van der Waals surface area contributed by atoms with Crippen LogP contribution >= 0.6 is 0 Å². The van der Waals surface area contributed by atoms with Crippen LogP contribution in [-0.4, -0.2) is 33.0 Å². The van der Waals surface area contributed by atoms with Gasteiger partial charge in [-0.15, -0.1) is 0 Å². The van der Waals surface area contributed by atoms with Gasteiger partial charge in [0.2, 0.25) is 5.91 Å². The molecule has 0 saturated heterocycles. The quantitative estimate of drug-likeness (QED) is 0.498. The zero-order valence-corrected chi connectivity index (χ0v) is 18.0. The average molecular weight is 438 g/mol. The van der Waals surface area contributed by atoms with Crippen molar-refractivity contribution in [2.24, 2.45) is 10.8 Å². The molecule has 1 atom stereocenters. The lowest BCUT2D eigenvalue weighted by molar-refractivity contribution is -0.119. The van der Waals surface area contributed by atoms with E-state index in [1.165, 1.54) is 5.01 Å². The third-order valence-electron chi connectivity index (χ3n) is 5.65. The van der Waals surface area contributed by atoms with Gasteiger partial charge in [-0.2, -0.15) is 5.10 Å². The second kappa shape index (κ2) is 8.23. The van der Waals surface area contributed by atoms with Crippen LogP contribution in [0.4, 0.5) is 11.5 Å². The molecule has 2 amide bonds. The van der Waals surface area contributed by atoms with Crippen LogP contribution in [0.25, 0.3) is 16.9 Å². The zero-order valence-electron chi connectivity index (χ0n) is 18.0. The number of benzene rings is 2. The van der Waals surface area contributed by atoms with Crippen molar-refractivity contribution in [1.82, 2.24) is 9.38 Å². The molecule has 1 aliphatic rings. The highest BCUT2D eigenvalue weighted by Gasteiger charge is 2.35. The highest BCUT2D eigenvalue weighted by atomic mass is 16.2. The summed E-state index contributed by atoms with van der Waals surface area (Å²) in [6, 6.07) is 22.0. The fourth-order valence-corrected chi connectivity index (χ4v) is 3.99. The number of anilines is 2. The van der Waals surface area contributed by atoms with Gasteiger partial charge in [-0.3, -0.25) is 19.0 Å². The Morgan fingerprint density at radius 3 is 2.39 bits per heavy atom. The van der Waals surface area contributed by atoms with Gasteiger partial charge in [-0.05, 0) is 30.7 Å². The van der Waals surface area contributed by atoms with Crippen molar-refractivity contribution in [1.29, 1.82) is 0 Å². The number of primary amides is 1. The molecule has 2 aromatic heterocycles. The van der Waals surface area contributed by atoms with Crippen LogP contribution in [0.3, 0.4) is 0 Å². The van der Waals surface area contributed by atoms with Gasteiger partial charge in [-0.1, -0.05) is 54.6 Å². The van der Waals surface area contributed by atoms with Gasteiger partial charge in [-0.25, -0.2) is 4.98 Å². The van der Waals surface area contributed by atoms with Crippen LogP contribution in [0.5, 0.6) is 0 Å². The molecule has 3 N–H and O–H groups in total. The van der Waals surface area contributed by atoms with E-state index in [4.69, 9.17) is 10.7 Å². The molecule has 8 heteroatoms. The van der Waals surface area contributed by atoms with Gasteiger partial charge in [0.25, 0.3) is 5.91 Å². The number of amides is 2.